The first-order chi connectivity index (χ1) is 23.3. The molecule has 0 heterocycles. The molecule has 0 aromatic heterocycles. The van der Waals surface area contributed by atoms with Crippen LogP contribution in [0.5, 0.6) is 0 Å². The van der Waals surface area contributed by atoms with Crippen molar-refractivity contribution in [2.45, 2.75) is 175 Å². The van der Waals surface area contributed by atoms with E-state index in [0.717, 1.165) is 63.5 Å². The normalized spacial score (nSPS) is 12.5. The van der Waals surface area contributed by atoms with Gasteiger partial charge in [-0.2, -0.15) is 0 Å². The van der Waals surface area contributed by atoms with E-state index in [1.54, 1.807) is 0 Å². The molecule has 10 nitrogen and oxygen atoms in total. The standard InChI is InChI=1S/C37H71N5O5S2/c1-28(2)18-9-11-22-33(43)38-25-15-13-20-31(41-35(45)24-8-7-17-27-49-48)37(47)42-32(36(46)40-30(5)6)21-14-16-26-39-34(44)23-12-10-19-29(3)4/h28-32,48H,7-27H2,1-6H3,(H,38,43)(H,39,44)(H,40,46)(H,41,45)(H,42,47). The van der Waals surface area contributed by atoms with E-state index in [-0.39, 0.29) is 35.6 Å². The largest absolute Gasteiger partial charge is 0.356 e. The molecular formula is C37H71N5O5S2. The molecule has 2 unspecified atom stereocenters. The lowest BCUT2D eigenvalue weighted by molar-refractivity contribution is -0.132. The highest BCUT2D eigenvalue weighted by molar-refractivity contribution is 8.68. The molecule has 0 bridgehead atoms. The maximum absolute atomic E-state index is 13.6. The lowest BCUT2D eigenvalue weighted by atomic mass is 10.0. The Bertz CT molecular complexity index is 920. The van der Waals surface area contributed by atoms with Gasteiger partial charge in [-0.3, -0.25) is 24.0 Å². The van der Waals surface area contributed by atoms with E-state index in [4.69, 9.17) is 0 Å². The molecule has 12 heteroatoms. The van der Waals surface area contributed by atoms with Gasteiger partial charge in [0.2, 0.25) is 29.5 Å². The van der Waals surface area contributed by atoms with Crippen molar-refractivity contribution in [2.24, 2.45) is 11.8 Å². The lowest BCUT2D eigenvalue weighted by Gasteiger charge is -2.24. The van der Waals surface area contributed by atoms with Crippen molar-refractivity contribution >= 4 is 52.0 Å². The second-order valence-electron chi connectivity index (χ2n) is 14.5. The van der Waals surface area contributed by atoms with Gasteiger partial charge >= 0.3 is 0 Å². The Balaban J connectivity index is 5.09. The number of unbranched alkanes of at least 4 members (excludes halogenated alkanes) is 6. The zero-order valence-electron chi connectivity index (χ0n) is 31.6. The molecule has 0 fully saturated rings. The van der Waals surface area contributed by atoms with Crippen LogP contribution in [0, 0.1) is 11.8 Å². The summed E-state index contributed by atoms with van der Waals surface area (Å²) in [4.78, 5) is 63.9. The van der Waals surface area contributed by atoms with E-state index in [1.165, 1.54) is 10.8 Å². The summed E-state index contributed by atoms with van der Waals surface area (Å²) in [6, 6.07) is -1.63. The van der Waals surface area contributed by atoms with Crippen LogP contribution in [0.3, 0.4) is 0 Å². The van der Waals surface area contributed by atoms with Crippen LogP contribution in [0.4, 0.5) is 0 Å². The molecule has 0 saturated carbocycles. The van der Waals surface area contributed by atoms with Crippen molar-refractivity contribution in [3.8, 4) is 0 Å². The van der Waals surface area contributed by atoms with Crippen LogP contribution in [0.25, 0.3) is 0 Å². The number of amides is 5. The van der Waals surface area contributed by atoms with Crippen LogP contribution in [-0.4, -0.2) is 66.5 Å². The first-order valence-corrected chi connectivity index (χ1v) is 21.1. The van der Waals surface area contributed by atoms with Gasteiger partial charge in [-0.1, -0.05) is 70.6 Å². The number of thiol groups is 1. The van der Waals surface area contributed by atoms with Crippen LogP contribution in [0.2, 0.25) is 0 Å². The maximum atomic E-state index is 13.6. The molecule has 0 aromatic carbocycles. The fraction of sp³-hybridized carbons (Fsp3) is 0.865. The number of carbonyl (C=O) groups is 5. The Morgan fingerprint density at radius 3 is 1.39 bits per heavy atom. The summed E-state index contributed by atoms with van der Waals surface area (Å²) in [6.07, 6.45) is 13.5. The van der Waals surface area contributed by atoms with Gasteiger partial charge in [-0.25, -0.2) is 0 Å². The summed E-state index contributed by atoms with van der Waals surface area (Å²) >= 11 is 4.16. The highest BCUT2D eigenvalue weighted by atomic mass is 33.1. The van der Waals surface area contributed by atoms with Crippen LogP contribution in [-0.2, 0) is 24.0 Å². The van der Waals surface area contributed by atoms with Gasteiger partial charge in [0.1, 0.15) is 12.1 Å². The van der Waals surface area contributed by atoms with Crippen LogP contribution in [0.15, 0.2) is 0 Å². The fourth-order valence-electron chi connectivity index (χ4n) is 5.35. The Morgan fingerprint density at radius 2 is 0.918 bits per heavy atom. The van der Waals surface area contributed by atoms with E-state index in [0.29, 0.717) is 82.7 Å². The average Bonchev–Trinajstić information content (AvgIpc) is 3.02. The van der Waals surface area contributed by atoms with Gasteiger partial charge < -0.3 is 26.6 Å². The topological polar surface area (TPSA) is 146 Å². The molecule has 2 atom stereocenters. The molecule has 0 spiro atoms. The summed E-state index contributed by atoms with van der Waals surface area (Å²) in [5.41, 5.74) is 0. The molecule has 0 radical (unpaired) electrons. The SMILES string of the molecule is CC(C)CCCCC(=O)NCCCCC(NC(=O)CCCCCSS)C(=O)NC(CCCCNC(=O)CCCCC(C)C)C(=O)NC(C)C. The van der Waals surface area contributed by atoms with Crippen molar-refractivity contribution in [3.63, 3.8) is 0 Å². The number of rotatable bonds is 31. The highest BCUT2D eigenvalue weighted by Crippen LogP contribution is 2.12. The van der Waals surface area contributed by atoms with Gasteiger partial charge in [-0.15, -0.1) is 11.7 Å². The smallest absolute Gasteiger partial charge is 0.243 e. The first-order valence-electron chi connectivity index (χ1n) is 19.1. The molecule has 286 valence electrons. The molecule has 0 aromatic rings. The predicted octanol–water partition coefficient (Wildman–Crippen LogP) is 6.62. The zero-order valence-corrected chi connectivity index (χ0v) is 33.3. The molecule has 0 rings (SSSR count). The van der Waals surface area contributed by atoms with Crippen LogP contribution in [0.1, 0.15) is 157 Å². The zero-order chi connectivity index (χ0) is 36.9. The van der Waals surface area contributed by atoms with Crippen LogP contribution >= 0.6 is 22.5 Å². The second kappa shape index (κ2) is 30.8. The number of nitrogens with one attached hydrogen (secondary N) is 5. The lowest BCUT2D eigenvalue weighted by Crippen LogP contribution is -2.54. The monoisotopic (exact) mass is 729 g/mol. The molecule has 5 amide bonds. The van der Waals surface area contributed by atoms with Crippen molar-refractivity contribution < 1.29 is 24.0 Å². The molecule has 0 aliphatic rings. The minimum atomic E-state index is -0.781. The number of hydrogen-bond donors (Lipinski definition) is 6. The number of hydrogen-bond acceptors (Lipinski definition) is 7. The fourth-order valence-corrected chi connectivity index (χ4v) is 6.07. The van der Waals surface area contributed by atoms with Gasteiger partial charge in [0.25, 0.3) is 0 Å². The minimum absolute atomic E-state index is 0.0443. The summed E-state index contributed by atoms with van der Waals surface area (Å²) in [5.74, 6) is 1.47. The third-order valence-electron chi connectivity index (χ3n) is 8.21. The van der Waals surface area contributed by atoms with E-state index in [2.05, 4.69) is 65.9 Å². The Morgan fingerprint density at radius 1 is 0.490 bits per heavy atom. The third-order valence-corrected chi connectivity index (χ3v) is 9.23. The van der Waals surface area contributed by atoms with E-state index in [1.807, 2.05) is 13.8 Å². The van der Waals surface area contributed by atoms with E-state index >= 15 is 0 Å². The van der Waals surface area contributed by atoms with Crippen molar-refractivity contribution in [2.75, 3.05) is 18.8 Å². The summed E-state index contributed by atoms with van der Waals surface area (Å²) in [7, 11) is 1.48. The Kier molecular flexibility index (Phi) is 29.6. The molecule has 0 aliphatic heterocycles. The molecule has 5 N–H and O–H groups in total. The van der Waals surface area contributed by atoms with Gasteiger partial charge in [0.15, 0.2) is 0 Å². The average molecular weight is 730 g/mol. The van der Waals surface area contributed by atoms with Crippen molar-refractivity contribution in [1.82, 2.24) is 26.6 Å². The molecule has 49 heavy (non-hydrogen) atoms. The van der Waals surface area contributed by atoms with Gasteiger partial charge in [0, 0.05) is 44.1 Å². The highest BCUT2D eigenvalue weighted by Gasteiger charge is 2.26. The second-order valence-corrected chi connectivity index (χ2v) is 15.9. The van der Waals surface area contributed by atoms with E-state index in [9.17, 15) is 24.0 Å². The van der Waals surface area contributed by atoms with E-state index < -0.39 is 12.1 Å². The Labute approximate surface area is 307 Å². The van der Waals surface area contributed by atoms with Gasteiger partial charge in [-0.05, 0) is 89.9 Å². The first kappa shape index (κ1) is 47.0. The maximum Gasteiger partial charge on any atom is 0.243 e. The quantitative estimate of drug-likeness (QED) is 0.0269. The summed E-state index contributed by atoms with van der Waals surface area (Å²) < 4.78 is 0. The number of carbonyl (C=O) groups excluding carboxylic acids is 5. The molecule has 0 saturated heterocycles. The molecule has 0 aliphatic carbocycles. The van der Waals surface area contributed by atoms with Crippen molar-refractivity contribution in [3.05, 3.63) is 0 Å². The van der Waals surface area contributed by atoms with Gasteiger partial charge in [0.05, 0.1) is 0 Å². The summed E-state index contributed by atoms with van der Waals surface area (Å²) in [6.45, 7) is 13.5. The minimum Gasteiger partial charge on any atom is -0.356 e. The third kappa shape index (κ3) is 29.5. The molecular weight excluding hydrogens is 659 g/mol. The summed E-state index contributed by atoms with van der Waals surface area (Å²) in [5, 5.41) is 14.7. The van der Waals surface area contributed by atoms with Crippen molar-refractivity contribution in [1.29, 1.82) is 0 Å². The van der Waals surface area contributed by atoms with Crippen LogP contribution < -0.4 is 26.6 Å². The Hall–Kier alpha value is -1.95. The predicted molar refractivity (Wildman–Crippen MR) is 207 cm³/mol.